The van der Waals surface area contributed by atoms with E-state index in [1.165, 1.54) is 11.1 Å². The van der Waals surface area contributed by atoms with E-state index in [1.807, 2.05) is 32.0 Å². The van der Waals surface area contributed by atoms with Gasteiger partial charge in [0.25, 0.3) is 5.91 Å². The van der Waals surface area contributed by atoms with Crippen LogP contribution in [0.25, 0.3) is 11.0 Å². The van der Waals surface area contributed by atoms with Crippen molar-refractivity contribution in [3.63, 3.8) is 0 Å². The molecule has 0 atom stereocenters. The summed E-state index contributed by atoms with van der Waals surface area (Å²) in [5.41, 5.74) is 6.15. The van der Waals surface area contributed by atoms with Gasteiger partial charge < -0.3 is 14.2 Å². The van der Waals surface area contributed by atoms with Crippen LogP contribution in [0.5, 0.6) is 5.75 Å². The van der Waals surface area contributed by atoms with E-state index >= 15 is 0 Å². The van der Waals surface area contributed by atoms with Crippen LogP contribution >= 0.6 is 0 Å². The monoisotopic (exact) mass is 417 g/mol. The van der Waals surface area contributed by atoms with E-state index in [0.717, 1.165) is 66.0 Å². The van der Waals surface area contributed by atoms with Gasteiger partial charge in [-0.3, -0.25) is 4.79 Å². The quantitative estimate of drug-likeness (QED) is 0.632. The number of amides is 1. The topological polar surface area (TPSA) is 47.4 Å². The highest BCUT2D eigenvalue weighted by Crippen LogP contribution is 2.46. The molecule has 0 saturated heterocycles. The summed E-state index contributed by atoms with van der Waals surface area (Å²) in [6.45, 7) is 7.01. The van der Waals surface area contributed by atoms with Gasteiger partial charge in [0, 0.05) is 44.6 Å². The standard InChI is InChI=1S/C26H31N3O2/c1-16(2)15-28(4)25(30)21-12-22-23(27-17(3)29(22)5)24-20(21)10-11-26(31-24)13-18-8-6-7-9-19(18)14-26/h6-9,12,16H,10-11,13-15H2,1-5H3. The molecule has 2 heterocycles. The maximum atomic E-state index is 13.4. The first-order chi connectivity index (χ1) is 14.8. The number of hydrogen-bond donors (Lipinski definition) is 0. The van der Waals surface area contributed by atoms with Gasteiger partial charge in [-0.2, -0.15) is 0 Å². The smallest absolute Gasteiger partial charge is 0.254 e. The van der Waals surface area contributed by atoms with E-state index in [1.54, 1.807) is 0 Å². The number of ether oxygens (including phenoxy) is 1. The molecule has 162 valence electrons. The number of aryl methyl sites for hydroxylation is 2. The van der Waals surface area contributed by atoms with Gasteiger partial charge in [0.2, 0.25) is 0 Å². The fourth-order valence-electron chi connectivity index (χ4n) is 5.36. The number of carbonyl (C=O) groups is 1. The minimum Gasteiger partial charge on any atom is -0.484 e. The van der Waals surface area contributed by atoms with Crippen LogP contribution in [-0.2, 0) is 26.3 Å². The Morgan fingerprint density at radius 1 is 1.26 bits per heavy atom. The van der Waals surface area contributed by atoms with Crippen LogP contribution < -0.4 is 4.74 Å². The first kappa shape index (κ1) is 20.1. The summed E-state index contributed by atoms with van der Waals surface area (Å²) >= 11 is 0. The summed E-state index contributed by atoms with van der Waals surface area (Å²) in [4.78, 5) is 20.1. The number of fused-ring (bicyclic) bond motifs is 4. The lowest BCUT2D eigenvalue weighted by molar-refractivity contribution is 0.0571. The second-order valence-corrected chi connectivity index (χ2v) is 9.80. The predicted molar refractivity (Wildman–Crippen MR) is 123 cm³/mol. The van der Waals surface area contributed by atoms with E-state index < -0.39 is 0 Å². The average molecular weight is 418 g/mol. The Morgan fingerprint density at radius 2 is 1.94 bits per heavy atom. The summed E-state index contributed by atoms with van der Waals surface area (Å²) in [7, 11) is 3.90. The molecule has 0 radical (unpaired) electrons. The molecule has 5 heteroatoms. The molecule has 3 aromatic rings. The molecule has 2 aliphatic rings. The molecule has 0 bridgehead atoms. The largest absolute Gasteiger partial charge is 0.484 e. The van der Waals surface area contributed by atoms with Gasteiger partial charge in [0.05, 0.1) is 5.52 Å². The second-order valence-electron chi connectivity index (χ2n) is 9.80. The zero-order chi connectivity index (χ0) is 21.9. The number of rotatable bonds is 3. The van der Waals surface area contributed by atoms with Crippen molar-refractivity contribution in [3.8, 4) is 5.75 Å². The molecule has 0 unspecified atom stereocenters. The van der Waals surface area contributed by atoms with Crippen molar-refractivity contribution in [2.45, 2.75) is 52.1 Å². The minimum atomic E-state index is -0.236. The molecule has 0 fully saturated rings. The highest BCUT2D eigenvalue weighted by Gasteiger charge is 2.43. The Hall–Kier alpha value is -2.82. The van der Waals surface area contributed by atoms with Gasteiger partial charge in [-0.25, -0.2) is 4.98 Å². The van der Waals surface area contributed by atoms with Gasteiger partial charge >= 0.3 is 0 Å². The van der Waals surface area contributed by atoms with Crippen molar-refractivity contribution >= 4 is 16.9 Å². The summed E-state index contributed by atoms with van der Waals surface area (Å²) in [5, 5.41) is 0. The molecule has 1 aromatic heterocycles. The number of benzene rings is 2. The van der Waals surface area contributed by atoms with Gasteiger partial charge in [0.1, 0.15) is 16.9 Å². The summed E-state index contributed by atoms with van der Waals surface area (Å²) in [5.74, 6) is 2.24. The van der Waals surface area contributed by atoms with Gasteiger partial charge in [-0.05, 0) is 42.9 Å². The molecular formula is C26H31N3O2. The van der Waals surface area contributed by atoms with E-state index in [-0.39, 0.29) is 11.5 Å². The predicted octanol–water partition coefficient (Wildman–Crippen LogP) is 4.47. The molecule has 5 rings (SSSR count). The third-order valence-corrected chi connectivity index (χ3v) is 6.97. The van der Waals surface area contributed by atoms with Crippen LogP contribution in [0.1, 0.15) is 53.1 Å². The highest BCUT2D eigenvalue weighted by molar-refractivity contribution is 6.01. The minimum absolute atomic E-state index is 0.0694. The summed E-state index contributed by atoms with van der Waals surface area (Å²) in [6.07, 6.45) is 3.59. The highest BCUT2D eigenvalue weighted by atomic mass is 16.5. The lowest BCUT2D eigenvalue weighted by Crippen LogP contribution is -2.41. The van der Waals surface area contributed by atoms with Crippen LogP contribution in [0, 0.1) is 12.8 Å². The molecule has 0 N–H and O–H groups in total. The van der Waals surface area contributed by atoms with E-state index in [9.17, 15) is 4.79 Å². The second kappa shape index (κ2) is 7.11. The summed E-state index contributed by atoms with van der Waals surface area (Å²) in [6, 6.07) is 10.7. The first-order valence-electron chi connectivity index (χ1n) is 11.3. The van der Waals surface area contributed by atoms with Crippen molar-refractivity contribution < 1.29 is 9.53 Å². The van der Waals surface area contributed by atoms with Gasteiger partial charge in [-0.15, -0.1) is 0 Å². The molecule has 1 spiro atoms. The SMILES string of the molecule is Cc1nc2c3c(c(C(=O)N(C)CC(C)C)cc2n1C)CCC1(Cc2ccccc2C1)O3. The van der Waals surface area contributed by atoms with E-state index in [0.29, 0.717) is 5.92 Å². The Balaban J connectivity index is 1.62. The molecule has 2 aromatic carbocycles. The van der Waals surface area contributed by atoms with Crippen LogP contribution in [0.2, 0.25) is 0 Å². The zero-order valence-electron chi connectivity index (χ0n) is 19.2. The number of imidazole rings is 1. The third kappa shape index (κ3) is 3.22. The first-order valence-corrected chi connectivity index (χ1v) is 11.3. The van der Waals surface area contributed by atoms with Crippen molar-refractivity contribution in [3.05, 3.63) is 58.4 Å². The number of hydrogen-bond acceptors (Lipinski definition) is 3. The molecule has 0 saturated carbocycles. The Kier molecular flexibility index (Phi) is 4.61. The molecular weight excluding hydrogens is 386 g/mol. The van der Waals surface area contributed by atoms with E-state index in [4.69, 9.17) is 9.72 Å². The lowest BCUT2D eigenvalue weighted by atomic mass is 9.86. The van der Waals surface area contributed by atoms with Crippen molar-refractivity contribution in [2.75, 3.05) is 13.6 Å². The fourth-order valence-corrected chi connectivity index (χ4v) is 5.36. The van der Waals surface area contributed by atoms with Crippen molar-refractivity contribution in [1.82, 2.24) is 14.5 Å². The Bertz CT molecular complexity index is 1170. The van der Waals surface area contributed by atoms with Crippen molar-refractivity contribution in [2.24, 2.45) is 13.0 Å². The third-order valence-electron chi connectivity index (χ3n) is 6.97. The lowest BCUT2D eigenvalue weighted by Gasteiger charge is -2.37. The maximum absolute atomic E-state index is 13.4. The Labute approximate surface area is 184 Å². The van der Waals surface area contributed by atoms with Crippen LogP contribution in [0.4, 0.5) is 0 Å². The van der Waals surface area contributed by atoms with Crippen LogP contribution in [0.15, 0.2) is 30.3 Å². The molecule has 1 aliphatic carbocycles. The average Bonchev–Trinajstić information content (AvgIpc) is 3.23. The summed E-state index contributed by atoms with van der Waals surface area (Å²) < 4.78 is 8.91. The molecule has 1 aliphatic heterocycles. The number of nitrogens with zero attached hydrogens (tertiary/aromatic N) is 3. The normalized spacial score (nSPS) is 16.5. The van der Waals surface area contributed by atoms with Gasteiger partial charge in [-0.1, -0.05) is 38.1 Å². The number of carbonyl (C=O) groups excluding carboxylic acids is 1. The molecule has 1 amide bonds. The maximum Gasteiger partial charge on any atom is 0.254 e. The zero-order valence-corrected chi connectivity index (χ0v) is 19.2. The van der Waals surface area contributed by atoms with Crippen LogP contribution in [-0.4, -0.2) is 39.6 Å². The number of aromatic nitrogens is 2. The fraction of sp³-hybridized carbons (Fsp3) is 0.462. The van der Waals surface area contributed by atoms with Gasteiger partial charge in [0.15, 0.2) is 5.75 Å². The molecule has 31 heavy (non-hydrogen) atoms. The molecule has 5 nitrogen and oxygen atoms in total. The van der Waals surface area contributed by atoms with E-state index in [2.05, 4.69) is 42.7 Å². The van der Waals surface area contributed by atoms with Crippen molar-refractivity contribution in [1.29, 1.82) is 0 Å². The Morgan fingerprint density at radius 3 is 2.58 bits per heavy atom. The van der Waals surface area contributed by atoms with Crippen LogP contribution in [0.3, 0.4) is 0 Å².